The Morgan fingerprint density at radius 2 is 2.33 bits per heavy atom. The predicted molar refractivity (Wildman–Crippen MR) is 72.0 cm³/mol. The number of methoxy groups -OCH3 is 1. The average Bonchev–Trinajstić information content (AvgIpc) is 2.37. The average molecular weight is 272 g/mol. The maximum Gasteiger partial charge on any atom is 0.166 e. The van der Waals surface area contributed by atoms with E-state index >= 15 is 0 Å². The highest BCUT2D eigenvalue weighted by Crippen LogP contribution is 2.34. The summed E-state index contributed by atoms with van der Waals surface area (Å²) < 4.78 is 19.0. The highest BCUT2D eigenvalue weighted by Gasteiger charge is 2.20. The van der Waals surface area contributed by atoms with Gasteiger partial charge in [-0.15, -0.1) is 0 Å². The smallest absolute Gasteiger partial charge is 0.166 e. The van der Waals surface area contributed by atoms with Crippen molar-refractivity contribution in [1.82, 2.24) is 5.32 Å². The summed E-state index contributed by atoms with van der Waals surface area (Å²) in [6, 6.07) is 1.33. The van der Waals surface area contributed by atoms with Crippen LogP contribution in [0.25, 0.3) is 0 Å². The van der Waals surface area contributed by atoms with Crippen LogP contribution in [0, 0.1) is 18.7 Å². The largest absolute Gasteiger partial charge is 0.493 e. The van der Waals surface area contributed by atoms with Crippen LogP contribution in [-0.2, 0) is 6.42 Å². The van der Waals surface area contributed by atoms with E-state index in [-0.39, 0.29) is 5.82 Å². The van der Waals surface area contributed by atoms with Gasteiger partial charge in [-0.3, -0.25) is 0 Å². The van der Waals surface area contributed by atoms with Gasteiger partial charge in [-0.1, -0.05) is 11.6 Å². The second-order valence-electron chi connectivity index (χ2n) is 4.89. The molecule has 0 aliphatic carbocycles. The molecular formula is C14H19ClFNO. The molecule has 0 amide bonds. The lowest BCUT2D eigenvalue weighted by Crippen LogP contribution is -2.31. The van der Waals surface area contributed by atoms with E-state index in [2.05, 4.69) is 5.32 Å². The number of nitrogens with one attached hydrogen (secondary N) is 1. The molecule has 1 N–H and O–H groups in total. The Kier molecular flexibility index (Phi) is 4.46. The fourth-order valence-electron chi connectivity index (χ4n) is 2.60. The van der Waals surface area contributed by atoms with Gasteiger partial charge in [0.05, 0.1) is 7.11 Å². The molecule has 1 atom stereocenters. The lowest BCUT2D eigenvalue weighted by atomic mass is 9.90. The van der Waals surface area contributed by atoms with E-state index in [0.29, 0.717) is 16.7 Å². The first-order valence-corrected chi connectivity index (χ1v) is 6.73. The molecule has 2 rings (SSSR count). The molecule has 0 bridgehead atoms. The van der Waals surface area contributed by atoms with Crippen molar-refractivity contribution < 1.29 is 9.13 Å². The van der Waals surface area contributed by atoms with Crippen LogP contribution in [0.3, 0.4) is 0 Å². The van der Waals surface area contributed by atoms with E-state index in [0.717, 1.165) is 30.6 Å². The minimum Gasteiger partial charge on any atom is -0.493 e. The maximum atomic E-state index is 13.8. The molecule has 1 aromatic carbocycles. The second-order valence-corrected chi connectivity index (χ2v) is 5.30. The normalized spacial score (nSPS) is 19.9. The Hall–Kier alpha value is -0.800. The Balaban J connectivity index is 2.29. The topological polar surface area (TPSA) is 21.3 Å². The van der Waals surface area contributed by atoms with E-state index < -0.39 is 0 Å². The first-order chi connectivity index (χ1) is 8.63. The van der Waals surface area contributed by atoms with E-state index in [9.17, 15) is 4.39 Å². The molecule has 4 heteroatoms. The van der Waals surface area contributed by atoms with Crippen molar-refractivity contribution in [2.24, 2.45) is 5.92 Å². The Morgan fingerprint density at radius 1 is 1.56 bits per heavy atom. The molecule has 0 saturated carbocycles. The van der Waals surface area contributed by atoms with Crippen molar-refractivity contribution in [3.05, 3.63) is 28.0 Å². The third-order valence-corrected chi connectivity index (χ3v) is 4.04. The van der Waals surface area contributed by atoms with Crippen LogP contribution >= 0.6 is 11.6 Å². The first-order valence-electron chi connectivity index (χ1n) is 6.35. The number of halogens is 2. The summed E-state index contributed by atoms with van der Waals surface area (Å²) >= 11 is 6.05. The molecule has 1 aromatic rings. The minimum atomic E-state index is -0.369. The third kappa shape index (κ3) is 2.78. The number of hydrogen-bond acceptors (Lipinski definition) is 2. The second kappa shape index (κ2) is 5.89. The molecule has 1 aliphatic heterocycles. The fraction of sp³-hybridized carbons (Fsp3) is 0.571. The van der Waals surface area contributed by atoms with Gasteiger partial charge in [0, 0.05) is 10.6 Å². The molecule has 1 fully saturated rings. The number of hydrogen-bond donors (Lipinski definition) is 1. The van der Waals surface area contributed by atoms with Gasteiger partial charge in [-0.05, 0) is 56.8 Å². The van der Waals surface area contributed by atoms with Gasteiger partial charge in [0.15, 0.2) is 11.6 Å². The van der Waals surface area contributed by atoms with Crippen molar-refractivity contribution in [1.29, 1.82) is 0 Å². The van der Waals surface area contributed by atoms with Gasteiger partial charge in [-0.2, -0.15) is 0 Å². The lowest BCUT2D eigenvalue weighted by molar-refractivity contribution is 0.354. The van der Waals surface area contributed by atoms with Crippen LogP contribution in [0.15, 0.2) is 6.07 Å². The van der Waals surface area contributed by atoms with Gasteiger partial charge in [0.2, 0.25) is 0 Å². The molecule has 1 heterocycles. The number of rotatable bonds is 3. The third-order valence-electron chi connectivity index (χ3n) is 3.65. The number of ether oxygens (including phenoxy) is 1. The first kappa shape index (κ1) is 13.6. The van der Waals surface area contributed by atoms with Gasteiger partial charge in [-0.25, -0.2) is 4.39 Å². The molecule has 1 unspecified atom stereocenters. The van der Waals surface area contributed by atoms with Gasteiger partial charge < -0.3 is 10.1 Å². The standard InChI is InChI=1S/C14H19ClFNO/c1-9-11(6-10-4-3-5-17-8-10)14(18-2)13(16)7-12(9)15/h7,10,17H,3-6,8H2,1-2H3. The van der Waals surface area contributed by atoms with E-state index in [4.69, 9.17) is 16.3 Å². The van der Waals surface area contributed by atoms with E-state index in [1.165, 1.54) is 26.0 Å². The van der Waals surface area contributed by atoms with Crippen molar-refractivity contribution >= 4 is 11.6 Å². The van der Waals surface area contributed by atoms with Crippen LogP contribution in [0.5, 0.6) is 5.75 Å². The molecule has 0 aromatic heterocycles. The highest BCUT2D eigenvalue weighted by atomic mass is 35.5. The summed E-state index contributed by atoms with van der Waals surface area (Å²) in [4.78, 5) is 0. The van der Waals surface area contributed by atoms with Gasteiger partial charge in [0.1, 0.15) is 0 Å². The summed E-state index contributed by atoms with van der Waals surface area (Å²) in [5.41, 5.74) is 1.84. The van der Waals surface area contributed by atoms with Gasteiger partial charge >= 0.3 is 0 Å². The molecular weight excluding hydrogens is 253 g/mol. The van der Waals surface area contributed by atoms with E-state index in [1.54, 1.807) is 0 Å². The highest BCUT2D eigenvalue weighted by molar-refractivity contribution is 6.31. The molecule has 0 radical (unpaired) electrons. The summed E-state index contributed by atoms with van der Waals surface area (Å²) in [5, 5.41) is 3.85. The summed E-state index contributed by atoms with van der Waals surface area (Å²) in [6.45, 7) is 3.99. The maximum absolute atomic E-state index is 13.8. The van der Waals surface area contributed by atoms with Crippen molar-refractivity contribution in [2.75, 3.05) is 20.2 Å². The summed E-state index contributed by atoms with van der Waals surface area (Å²) in [5.74, 6) is 0.513. The Bertz CT molecular complexity index is 430. The molecule has 100 valence electrons. The number of piperidine rings is 1. The van der Waals surface area contributed by atoms with E-state index in [1.807, 2.05) is 6.92 Å². The monoisotopic (exact) mass is 271 g/mol. The molecule has 18 heavy (non-hydrogen) atoms. The minimum absolute atomic E-state index is 0.350. The van der Waals surface area contributed by atoms with Crippen LogP contribution in [0.1, 0.15) is 24.0 Å². The summed E-state index contributed by atoms with van der Waals surface area (Å²) in [7, 11) is 1.51. The molecule has 0 spiro atoms. The lowest BCUT2D eigenvalue weighted by Gasteiger charge is -2.24. The zero-order valence-corrected chi connectivity index (χ0v) is 11.6. The molecule has 1 aliphatic rings. The van der Waals surface area contributed by atoms with Crippen molar-refractivity contribution in [2.45, 2.75) is 26.2 Å². The van der Waals surface area contributed by atoms with Crippen LogP contribution < -0.4 is 10.1 Å². The SMILES string of the molecule is COc1c(F)cc(Cl)c(C)c1CC1CCCNC1. The predicted octanol–water partition coefficient (Wildman–Crippen LogP) is 3.34. The molecule has 1 saturated heterocycles. The zero-order valence-electron chi connectivity index (χ0n) is 10.9. The Morgan fingerprint density at radius 3 is 2.94 bits per heavy atom. The quantitative estimate of drug-likeness (QED) is 0.910. The van der Waals surface area contributed by atoms with Crippen LogP contribution in [0.2, 0.25) is 5.02 Å². The van der Waals surface area contributed by atoms with Crippen LogP contribution in [0.4, 0.5) is 4.39 Å². The number of benzene rings is 1. The summed E-state index contributed by atoms with van der Waals surface area (Å²) in [6.07, 6.45) is 3.16. The van der Waals surface area contributed by atoms with Crippen molar-refractivity contribution in [3.8, 4) is 5.75 Å². The Labute approximate surface area is 112 Å². The van der Waals surface area contributed by atoms with Gasteiger partial charge in [0.25, 0.3) is 0 Å². The van der Waals surface area contributed by atoms with Crippen molar-refractivity contribution in [3.63, 3.8) is 0 Å². The fourth-order valence-corrected chi connectivity index (χ4v) is 2.81. The molecule has 2 nitrogen and oxygen atoms in total. The van der Waals surface area contributed by atoms with Crippen LogP contribution in [-0.4, -0.2) is 20.2 Å². The zero-order chi connectivity index (χ0) is 13.1.